The molecule has 5 heteroatoms. The summed E-state index contributed by atoms with van der Waals surface area (Å²) in [6.07, 6.45) is 7.92. The monoisotopic (exact) mass is 362 g/mol. The number of amides is 1. The minimum Gasteiger partial charge on any atom is -0.391 e. The van der Waals surface area contributed by atoms with Crippen molar-refractivity contribution in [3.63, 3.8) is 0 Å². The Balaban J connectivity index is 1.36. The zero-order valence-electron chi connectivity index (χ0n) is 15.2. The topological polar surface area (TPSA) is 43.8 Å². The summed E-state index contributed by atoms with van der Waals surface area (Å²) in [5.74, 6) is 0.207. The summed E-state index contributed by atoms with van der Waals surface area (Å²) >= 11 is 1.70. The van der Waals surface area contributed by atoms with Crippen LogP contribution in [0.2, 0.25) is 0 Å². The van der Waals surface area contributed by atoms with Crippen LogP contribution in [0, 0.1) is 5.41 Å². The van der Waals surface area contributed by atoms with Crippen LogP contribution in [0.15, 0.2) is 16.8 Å². The number of nitrogens with zero attached hydrogens (tertiary/aromatic N) is 2. The van der Waals surface area contributed by atoms with E-state index in [1.54, 1.807) is 18.3 Å². The number of likely N-dealkylation sites (tertiary alicyclic amines) is 1. The van der Waals surface area contributed by atoms with Crippen LogP contribution in [0.25, 0.3) is 0 Å². The fourth-order valence-electron chi connectivity index (χ4n) is 5.14. The lowest BCUT2D eigenvalue weighted by Gasteiger charge is -2.42. The largest absolute Gasteiger partial charge is 0.391 e. The molecule has 1 aromatic rings. The van der Waals surface area contributed by atoms with E-state index in [9.17, 15) is 9.90 Å². The Kier molecular flexibility index (Phi) is 4.91. The molecule has 0 bridgehead atoms. The zero-order valence-corrected chi connectivity index (χ0v) is 16.0. The molecule has 138 valence electrons. The molecular formula is C20H30N2O2S. The van der Waals surface area contributed by atoms with Gasteiger partial charge in [-0.1, -0.05) is 12.8 Å². The third-order valence-corrected chi connectivity index (χ3v) is 7.55. The number of aliphatic hydroxyl groups is 1. The van der Waals surface area contributed by atoms with E-state index in [0.29, 0.717) is 17.5 Å². The summed E-state index contributed by atoms with van der Waals surface area (Å²) in [4.78, 5) is 16.9. The lowest BCUT2D eigenvalue weighted by atomic mass is 9.86. The van der Waals surface area contributed by atoms with Crippen molar-refractivity contribution in [1.82, 2.24) is 9.80 Å². The number of thiophene rings is 1. The number of hydrogen-bond donors (Lipinski definition) is 1. The van der Waals surface area contributed by atoms with E-state index in [1.165, 1.54) is 31.2 Å². The van der Waals surface area contributed by atoms with Crippen LogP contribution in [-0.2, 0) is 11.3 Å². The van der Waals surface area contributed by atoms with Crippen LogP contribution in [-0.4, -0.2) is 52.1 Å². The van der Waals surface area contributed by atoms with E-state index in [-0.39, 0.29) is 12.0 Å². The SMILES string of the molecule is CC(=O)N(Cc1ccsc1)[C@@H]1CC12CCN([C@@H]1CCCC[C@H]1O)CC2. The highest BCUT2D eigenvalue weighted by molar-refractivity contribution is 7.07. The molecule has 3 atom stereocenters. The second-order valence-electron chi connectivity index (χ2n) is 8.32. The predicted molar refractivity (Wildman–Crippen MR) is 100 cm³/mol. The molecule has 25 heavy (non-hydrogen) atoms. The number of carbonyl (C=O) groups is 1. The van der Waals surface area contributed by atoms with Crippen LogP contribution in [0.4, 0.5) is 0 Å². The maximum atomic E-state index is 12.2. The molecule has 2 saturated carbocycles. The van der Waals surface area contributed by atoms with Gasteiger partial charge in [-0.3, -0.25) is 9.69 Å². The Bertz CT molecular complexity index is 595. The van der Waals surface area contributed by atoms with Crippen molar-refractivity contribution < 1.29 is 9.90 Å². The van der Waals surface area contributed by atoms with Crippen molar-refractivity contribution in [2.75, 3.05) is 13.1 Å². The average molecular weight is 363 g/mol. The molecular weight excluding hydrogens is 332 g/mol. The Labute approximate surface area is 154 Å². The first kappa shape index (κ1) is 17.5. The summed E-state index contributed by atoms with van der Waals surface area (Å²) in [6, 6.07) is 2.92. The first-order valence-electron chi connectivity index (χ1n) is 9.79. The maximum Gasteiger partial charge on any atom is 0.220 e. The number of hydrogen-bond acceptors (Lipinski definition) is 4. The molecule has 0 unspecified atom stereocenters. The van der Waals surface area contributed by atoms with Gasteiger partial charge in [-0.2, -0.15) is 11.3 Å². The second-order valence-corrected chi connectivity index (χ2v) is 9.10. The highest BCUT2D eigenvalue weighted by atomic mass is 32.1. The molecule has 0 radical (unpaired) electrons. The third kappa shape index (κ3) is 3.51. The number of aliphatic hydroxyl groups excluding tert-OH is 1. The molecule has 4 nitrogen and oxygen atoms in total. The molecule has 1 amide bonds. The van der Waals surface area contributed by atoms with E-state index >= 15 is 0 Å². The molecule has 2 aliphatic carbocycles. The molecule has 1 spiro atoms. The predicted octanol–water partition coefficient (Wildman–Crippen LogP) is 3.25. The molecule has 0 aromatic carbocycles. The standard InChI is InChI=1S/C20H30N2O2S/c1-15(23)22(13-16-6-11-25-14-16)19-12-20(19)7-9-21(10-8-20)17-4-2-3-5-18(17)24/h6,11,14,17-19,24H,2-5,7-10,12-13H2,1H3/t17-,18-,19-/m1/s1. The maximum absolute atomic E-state index is 12.2. The molecule has 1 aliphatic heterocycles. The molecule has 2 heterocycles. The van der Waals surface area contributed by atoms with Gasteiger partial charge in [0, 0.05) is 25.6 Å². The van der Waals surface area contributed by atoms with Crippen molar-refractivity contribution in [1.29, 1.82) is 0 Å². The quantitative estimate of drug-likeness (QED) is 0.894. The van der Waals surface area contributed by atoms with Crippen LogP contribution < -0.4 is 0 Å². The first-order valence-corrected chi connectivity index (χ1v) is 10.7. The summed E-state index contributed by atoms with van der Waals surface area (Å²) in [7, 11) is 0. The minimum absolute atomic E-state index is 0.134. The van der Waals surface area contributed by atoms with Gasteiger partial charge in [0.1, 0.15) is 0 Å². The number of rotatable bonds is 4. The van der Waals surface area contributed by atoms with Gasteiger partial charge < -0.3 is 10.0 Å². The van der Waals surface area contributed by atoms with Crippen molar-refractivity contribution >= 4 is 17.2 Å². The lowest BCUT2D eigenvalue weighted by Crippen LogP contribution is -2.50. The Morgan fingerprint density at radius 3 is 2.76 bits per heavy atom. The van der Waals surface area contributed by atoms with Gasteiger partial charge in [0.25, 0.3) is 0 Å². The Morgan fingerprint density at radius 1 is 1.36 bits per heavy atom. The normalized spacial score (nSPS) is 31.8. The number of piperidine rings is 1. The van der Waals surface area contributed by atoms with E-state index in [1.807, 2.05) is 0 Å². The van der Waals surface area contributed by atoms with Crippen LogP contribution in [0.3, 0.4) is 0 Å². The Hall–Kier alpha value is -0.910. The van der Waals surface area contributed by atoms with Gasteiger partial charge in [0.05, 0.1) is 6.10 Å². The molecule has 3 fully saturated rings. The van der Waals surface area contributed by atoms with E-state index in [2.05, 4.69) is 26.6 Å². The van der Waals surface area contributed by atoms with Crippen LogP contribution in [0.1, 0.15) is 57.4 Å². The lowest BCUT2D eigenvalue weighted by molar-refractivity contribution is -0.130. The van der Waals surface area contributed by atoms with Gasteiger partial charge in [0.2, 0.25) is 5.91 Å². The molecule has 4 rings (SSSR count). The molecule has 3 aliphatic rings. The van der Waals surface area contributed by atoms with Gasteiger partial charge in [-0.25, -0.2) is 0 Å². The summed E-state index contributed by atoms with van der Waals surface area (Å²) in [5, 5.41) is 14.6. The second kappa shape index (κ2) is 7.01. The van der Waals surface area contributed by atoms with Gasteiger partial charge in [0.15, 0.2) is 0 Å². The van der Waals surface area contributed by atoms with Gasteiger partial charge in [-0.05, 0) is 73.0 Å². The first-order chi connectivity index (χ1) is 12.1. The van der Waals surface area contributed by atoms with Crippen LogP contribution in [0.5, 0.6) is 0 Å². The minimum atomic E-state index is -0.134. The summed E-state index contributed by atoms with van der Waals surface area (Å²) in [6.45, 7) is 4.65. The Morgan fingerprint density at radius 2 is 2.12 bits per heavy atom. The molecule has 1 N–H and O–H groups in total. The van der Waals surface area contributed by atoms with Gasteiger partial charge >= 0.3 is 0 Å². The van der Waals surface area contributed by atoms with E-state index in [0.717, 1.165) is 38.9 Å². The highest BCUT2D eigenvalue weighted by Crippen LogP contribution is 2.57. The zero-order chi connectivity index (χ0) is 17.4. The molecule has 1 saturated heterocycles. The summed E-state index contributed by atoms with van der Waals surface area (Å²) in [5.41, 5.74) is 1.60. The number of carbonyl (C=O) groups excluding carboxylic acids is 1. The highest BCUT2D eigenvalue weighted by Gasteiger charge is 2.58. The van der Waals surface area contributed by atoms with Crippen molar-refractivity contribution in [2.24, 2.45) is 5.41 Å². The van der Waals surface area contributed by atoms with Gasteiger partial charge in [-0.15, -0.1) is 0 Å². The smallest absolute Gasteiger partial charge is 0.220 e. The van der Waals surface area contributed by atoms with E-state index in [4.69, 9.17) is 0 Å². The van der Waals surface area contributed by atoms with Crippen molar-refractivity contribution in [3.05, 3.63) is 22.4 Å². The van der Waals surface area contributed by atoms with E-state index < -0.39 is 0 Å². The van der Waals surface area contributed by atoms with Crippen molar-refractivity contribution in [2.45, 2.75) is 76.6 Å². The molecule has 1 aromatic heterocycles. The fraction of sp³-hybridized carbons (Fsp3) is 0.750. The summed E-state index contributed by atoms with van der Waals surface area (Å²) < 4.78 is 0. The average Bonchev–Trinajstić information content (AvgIpc) is 3.04. The van der Waals surface area contributed by atoms with Crippen molar-refractivity contribution in [3.8, 4) is 0 Å². The van der Waals surface area contributed by atoms with Crippen LogP contribution >= 0.6 is 11.3 Å². The third-order valence-electron chi connectivity index (χ3n) is 6.82. The fourth-order valence-corrected chi connectivity index (χ4v) is 5.80.